The molecule has 1 saturated heterocycles. The predicted molar refractivity (Wildman–Crippen MR) is 98.0 cm³/mol. The zero-order chi connectivity index (χ0) is 18.3. The van der Waals surface area contributed by atoms with Gasteiger partial charge in [0.05, 0.1) is 0 Å². The first-order chi connectivity index (χ1) is 12.5. The molecule has 4 nitrogen and oxygen atoms in total. The molecule has 0 radical (unpaired) electrons. The summed E-state index contributed by atoms with van der Waals surface area (Å²) in [7, 11) is 0. The number of rotatable bonds is 3. The molecule has 1 amide bonds. The van der Waals surface area contributed by atoms with Crippen molar-refractivity contribution >= 4 is 11.7 Å². The molecule has 2 aromatic rings. The maximum Gasteiger partial charge on any atom is 0.229 e. The molecule has 2 aliphatic rings. The van der Waals surface area contributed by atoms with Gasteiger partial charge in [0.15, 0.2) is 5.78 Å². The van der Waals surface area contributed by atoms with Crippen LogP contribution in [0.15, 0.2) is 60.7 Å². The van der Waals surface area contributed by atoms with E-state index >= 15 is 0 Å². The number of aliphatic hydroxyl groups is 1. The zero-order valence-electron chi connectivity index (χ0n) is 14.8. The summed E-state index contributed by atoms with van der Waals surface area (Å²) in [6.07, 6.45) is 0.457. The Morgan fingerprint density at radius 3 is 2.27 bits per heavy atom. The lowest BCUT2D eigenvalue weighted by molar-refractivity contribution is -0.165. The maximum atomic E-state index is 13.1. The van der Waals surface area contributed by atoms with Crippen molar-refractivity contribution in [3.05, 3.63) is 71.8 Å². The van der Waals surface area contributed by atoms with Crippen LogP contribution in [0.2, 0.25) is 0 Å². The van der Waals surface area contributed by atoms with E-state index in [4.69, 9.17) is 0 Å². The number of Topliss-reactive ketones (excluding diaryl/α,β-unsaturated/α-hetero) is 1. The number of likely N-dealkylation sites (tertiary alicyclic amines) is 1. The number of amides is 1. The molecule has 2 fully saturated rings. The number of ketones is 1. The van der Waals surface area contributed by atoms with Gasteiger partial charge in [-0.2, -0.15) is 0 Å². The molecule has 0 aromatic heterocycles. The maximum absolute atomic E-state index is 13.1. The van der Waals surface area contributed by atoms with Gasteiger partial charge in [-0.15, -0.1) is 0 Å². The first kappa shape index (κ1) is 17.0. The van der Waals surface area contributed by atoms with Crippen LogP contribution in [0.4, 0.5) is 0 Å². The van der Waals surface area contributed by atoms with Gasteiger partial charge in [-0.3, -0.25) is 9.59 Å². The lowest BCUT2D eigenvalue weighted by Gasteiger charge is -2.35. The van der Waals surface area contributed by atoms with E-state index in [0.717, 1.165) is 11.1 Å². The highest BCUT2D eigenvalue weighted by Crippen LogP contribution is 2.48. The number of hydrogen-bond donors (Lipinski definition) is 1. The second-order valence-electron chi connectivity index (χ2n) is 7.54. The van der Waals surface area contributed by atoms with Gasteiger partial charge < -0.3 is 10.0 Å². The predicted octanol–water partition coefficient (Wildman–Crippen LogP) is 3.12. The van der Waals surface area contributed by atoms with Crippen LogP contribution in [0.25, 0.3) is 0 Å². The smallest absolute Gasteiger partial charge is 0.229 e. The van der Waals surface area contributed by atoms with Crippen molar-refractivity contribution in [3.63, 3.8) is 0 Å². The number of carbonyl (C=O) groups excluding carboxylic acids is 2. The zero-order valence-corrected chi connectivity index (χ0v) is 14.8. The Bertz CT molecular complexity index is 818. The molecule has 1 unspecified atom stereocenters. The second-order valence-corrected chi connectivity index (χ2v) is 7.54. The first-order valence-electron chi connectivity index (χ1n) is 9.17. The summed E-state index contributed by atoms with van der Waals surface area (Å²) in [6, 6.07) is 19.4. The Balaban J connectivity index is 1.67. The molecule has 134 valence electrons. The highest BCUT2D eigenvalue weighted by molar-refractivity contribution is 5.97. The summed E-state index contributed by atoms with van der Waals surface area (Å²) < 4.78 is 0. The van der Waals surface area contributed by atoms with E-state index in [0.29, 0.717) is 0 Å². The van der Waals surface area contributed by atoms with E-state index in [-0.39, 0.29) is 48.8 Å². The second kappa shape index (κ2) is 6.36. The molecule has 4 rings (SSSR count). The number of nitrogens with zero attached hydrogens (tertiary/aromatic N) is 1. The van der Waals surface area contributed by atoms with Crippen molar-refractivity contribution in [2.24, 2.45) is 11.8 Å². The van der Waals surface area contributed by atoms with E-state index in [2.05, 4.69) is 0 Å². The molecular weight excluding hydrogens is 326 g/mol. The lowest BCUT2D eigenvalue weighted by atomic mass is 9.78. The molecule has 1 heterocycles. The van der Waals surface area contributed by atoms with Crippen LogP contribution in [0.3, 0.4) is 0 Å². The normalized spacial score (nSPS) is 31.2. The topological polar surface area (TPSA) is 57.6 Å². The standard InChI is InChI=1S/C22H23NO3/c1-15-18(17-10-6-3-7-11-17)12-20(24)22(26)13-19(15)21(25)23(22)14-16-8-4-2-5-9-16/h2-11,15,18-19,26H,12-14H2,1H3/t15-,18+,19?,22-/m0/s1. The van der Waals surface area contributed by atoms with Gasteiger partial charge in [0, 0.05) is 25.3 Å². The Morgan fingerprint density at radius 1 is 1.00 bits per heavy atom. The van der Waals surface area contributed by atoms with Gasteiger partial charge in [-0.25, -0.2) is 0 Å². The summed E-state index contributed by atoms with van der Waals surface area (Å²) >= 11 is 0. The van der Waals surface area contributed by atoms with Crippen LogP contribution in [0, 0.1) is 11.8 Å². The number of benzene rings is 2. The molecule has 4 heteroatoms. The minimum Gasteiger partial charge on any atom is -0.364 e. The van der Waals surface area contributed by atoms with Crippen molar-refractivity contribution in [1.29, 1.82) is 0 Å². The minimum atomic E-state index is -1.69. The number of carbonyl (C=O) groups is 2. The molecule has 1 saturated carbocycles. The van der Waals surface area contributed by atoms with Crippen molar-refractivity contribution in [2.45, 2.75) is 38.0 Å². The van der Waals surface area contributed by atoms with Crippen molar-refractivity contribution in [3.8, 4) is 0 Å². The van der Waals surface area contributed by atoms with Crippen LogP contribution < -0.4 is 0 Å². The summed E-state index contributed by atoms with van der Waals surface area (Å²) in [5.41, 5.74) is 0.294. The van der Waals surface area contributed by atoms with Crippen molar-refractivity contribution < 1.29 is 14.7 Å². The molecule has 0 spiro atoms. The van der Waals surface area contributed by atoms with Crippen LogP contribution >= 0.6 is 0 Å². The van der Waals surface area contributed by atoms with E-state index in [1.807, 2.05) is 67.6 Å². The Morgan fingerprint density at radius 2 is 1.62 bits per heavy atom. The summed E-state index contributed by atoms with van der Waals surface area (Å²) in [5.74, 6) is -0.727. The van der Waals surface area contributed by atoms with Crippen LogP contribution in [-0.4, -0.2) is 27.4 Å². The third-order valence-corrected chi connectivity index (χ3v) is 6.07. The average Bonchev–Trinajstić information content (AvgIpc) is 2.87. The van der Waals surface area contributed by atoms with E-state index in [1.165, 1.54) is 4.90 Å². The number of fused-ring (bicyclic) bond motifs is 2. The van der Waals surface area contributed by atoms with E-state index in [1.54, 1.807) is 0 Å². The van der Waals surface area contributed by atoms with Crippen molar-refractivity contribution in [2.75, 3.05) is 0 Å². The fourth-order valence-corrected chi connectivity index (χ4v) is 4.49. The van der Waals surface area contributed by atoms with E-state index in [9.17, 15) is 14.7 Å². The summed E-state index contributed by atoms with van der Waals surface area (Å²) in [4.78, 5) is 27.5. The highest BCUT2D eigenvalue weighted by atomic mass is 16.3. The van der Waals surface area contributed by atoms with Crippen LogP contribution in [0.5, 0.6) is 0 Å². The minimum absolute atomic E-state index is 0.00338. The molecule has 2 aromatic carbocycles. The first-order valence-corrected chi connectivity index (χ1v) is 9.17. The summed E-state index contributed by atoms with van der Waals surface area (Å²) in [5, 5.41) is 11.2. The largest absolute Gasteiger partial charge is 0.364 e. The molecular formula is C22H23NO3. The molecule has 1 aliphatic heterocycles. The molecule has 1 N–H and O–H groups in total. The third kappa shape index (κ3) is 2.65. The van der Waals surface area contributed by atoms with Crippen LogP contribution in [0.1, 0.15) is 36.8 Å². The Labute approximate surface area is 153 Å². The van der Waals surface area contributed by atoms with Gasteiger partial charge in [0.25, 0.3) is 0 Å². The molecule has 1 aliphatic carbocycles. The quantitative estimate of drug-likeness (QED) is 0.926. The highest BCUT2D eigenvalue weighted by Gasteiger charge is 2.59. The van der Waals surface area contributed by atoms with Gasteiger partial charge in [-0.1, -0.05) is 67.6 Å². The van der Waals surface area contributed by atoms with Crippen molar-refractivity contribution in [1.82, 2.24) is 4.90 Å². The number of hydrogen-bond acceptors (Lipinski definition) is 3. The van der Waals surface area contributed by atoms with Gasteiger partial charge >= 0.3 is 0 Å². The third-order valence-electron chi connectivity index (χ3n) is 6.07. The molecule has 26 heavy (non-hydrogen) atoms. The van der Waals surface area contributed by atoms with Gasteiger partial charge in [0.2, 0.25) is 11.6 Å². The van der Waals surface area contributed by atoms with E-state index < -0.39 is 5.72 Å². The average molecular weight is 349 g/mol. The van der Waals surface area contributed by atoms with Gasteiger partial charge in [-0.05, 0) is 23.0 Å². The Hall–Kier alpha value is -2.46. The fourth-order valence-electron chi connectivity index (χ4n) is 4.49. The lowest BCUT2D eigenvalue weighted by Crippen LogP contribution is -2.52. The monoisotopic (exact) mass is 349 g/mol. The summed E-state index contributed by atoms with van der Waals surface area (Å²) in [6.45, 7) is 2.30. The SMILES string of the molecule is C[C@@H]1C2C[C@](O)(C(=O)C[C@H]1c1ccccc1)N(Cc1ccccc1)C2=O. The fraction of sp³-hybridized carbons (Fsp3) is 0.364. The Kier molecular flexibility index (Phi) is 4.16. The molecule has 4 atom stereocenters. The molecule has 2 bridgehead atoms. The van der Waals surface area contributed by atoms with Gasteiger partial charge in [0.1, 0.15) is 0 Å². The van der Waals surface area contributed by atoms with Crippen LogP contribution in [-0.2, 0) is 16.1 Å².